The van der Waals surface area contributed by atoms with Crippen LogP contribution in [0.3, 0.4) is 0 Å². The second-order valence-corrected chi connectivity index (χ2v) is 8.75. The van der Waals surface area contributed by atoms with Gasteiger partial charge in [-0.1, -0.05) is 0 Å². The molecule has 2 aliphatic rings. The Morgan fingerprint density at radius 1 is 1.14 bits per heavy atom. The third-order valence-electron chi connectivity index (χ3n) is 6.48. The Labute approximate surface area is 197 Å². The number of hydrogen-bond donors (Lipinski definition) is 2. The average Bonchev–Trinajstić information content (AvgIpc) is 2.96. The van der Waals surface area contributed by atoms with Crippen LogP contribution >= 0.6 is 0 Å². The van der Waals surface area contributed by atoms with Crippen molar-refractivity contribution in [3.63, 3.8) is 0 Å². The van der Waals surface area contributed by atoms with Gasteiger partial charge in [-0.15, -0.1) is 0 Å². The SMILES string of the molecule is Cc1cc(F)c(CNC(=O)c2cn3c(c(O)c2=O)C(=O)N2C[C@@H]3CCc3cc(F)ccc32)c(F)c1. The standard InChI is InChI=1S/C25H20F3N3O4/c1-12-6-18(27)16(19(28)7-12)9-29-24(34)17-11-30-15-4-2-13-8-14(26)3-5-20(13)31(10-15)25(35)21(30)23(33)22(17)32/h3,5-8,11,15,33H,2,4,9-10H2,1H3,(H,29,34)/t15-/m0/s1. The van der Waals surface area contributed by atoms with Gasteiger partial charge in [0.25, 0.3) is 11.8 Å². The number of rotatable bonds is 3. The summed E-state index contributed by atoms with van der Waals surface area (Å²) in [6.07, 6.45) is 2.07. The lowest BCUT2D eigenvalue weighted by Crippen LogP contribution is -2.44. The van der Waals surface area contributed by atoms with E-state index in [2.05, 4.69) is 5.32 Å². The molecule has 2 bridgehead atoms. The monoisotopic (exact) mass is 483 g/mol. The molecular formula is C25H20F3N3O4. The summed E-state index contributed by atoms with van der Waals surface area (Å²) in [5.74, 6) is -4.61. The van der Waals surface area contributed by atoms with Crippen molar-refractivity contribution in [2.24, 2.45) is 0 Å². The molecule has 10 heteroatoms. The normalized spacial score (nSPS) is 16.4. The molecule has 3 aromatic rings. The van der Waals surface area contributed by atoms with Crippen LogP contribution in [0, 0.1) is 24.4 Å². The Balaban J connectivity index is 1.50. The van der Waals surface area contributed by atoms with Crippen LogP contribution in [0.25, 0.3) is 0 Å². The maximum atomic E-state index is 14.1. The Morgan fingerprint density at radius 2 is 1.86 bits per heavy atom. The molecule has 3 heterocycles. The molecule has 2 aromatic carbocycles. The number of carbonyl (C=O) groups excluding carboxylic acids is 2. The van der Waals surface area contributed by atoms with E-state index >= 15 is 0 Å². The zero-order valence-corrected chi connectivity index (χ0v) is 18.6. The minimum atomic E-state index is -1.08. The number of nitrogens with zero attached hydrogens (tertiary/aromatic N) is 2. The number of aryl methyl sites for hydroxylation is 2. The third kappa shape index (κ3) is 3.74. The number of hydrogen-bond acceptors (Lipinski definition) is 4. The fourth-order valence-electron chi connectivity index (χ4n) is 4.73. The van der Waals surface area contributed by atoms with Gasteiger partial charge in [0.2, 0.25) is 5.43 Å². The summed E-state index contributed by atoms with van der Waals surface area (Å²) in [7, 11) is 0. The van der Waals surface area contributed by atoms with Crippen molar-refractivity contribution in [3.8, 4) is 5.75 Å². The minimum Gasteiger partial charge on any atom is -0.503 e. The molecule has 35 heavy (non-hydrogen) atoms. The van der Waals surface area contributed by atoms with E-state index in [1.54, 1.807) is 0 Å². The second kappa shape index (κ2) is 8.30. The first kappa shape index (κ1) is 22.7. The number of amides is 2. The van der Waals surface area contributed by atoms with E-state index in [0.29, 0.717) is 29.7 Å². The highest BCUT2D eigenvalue weighted by molar-refractivity contribution is 6.08. The van der Waals surface area contributed by atoms with Gasteiger partial charge in [-0.05, 0) is 61.2 Å². The summed E-state index contributed by atoms with van der Waals surface area (Å²) in [5.41, 5.74) is -0.683. The Morgan fingerprint density at radius 3 is 2.57 bits per heavy atom. The van der Waals surface area contributed by atoms with Gasteiger partial charge in [-0.2, -0.15) is 0 Å². The third-order valence-corrected chi connectivity index (χ3v) is 6.48. The number of halogens is 3. The van der Waals surface area contributed by atoms with Crippen molar-refractivity contribution < 1.29 is 27.9 Å². The van der Waals surface area contributed by atoms with E-state index in [1.165, 1.54) is 40.8 Å². The van der Waals surface area contributed by atoms with E-state index in [0.717, 1.165) is 12.1 Å². The summed E-state index contributed by atoms with van der Waals surface area (Å²) in [4.78, 5) is 40.2. The van der Waals surface area contributed by atoms with E-state index in [9.17, 15) is 32.7 Å². The van der Waals surface area contributed by atoms with Gasteiger partial charge in [-0.3, -0.25) is 14.4 Å². The number of aromatic hydroxyl groups is 1. The number of carbonyl (C=O) groups is 2. The van der Waals surface area contributed by atoms with E-state index in [-0.39, 0.29) is 17.8 Å². The molecule has 0 spiro atoms. The Kier molecular flexibility index (Phi) is 5.38. The summed E-state index contributed by atoms with van der Waals surface area (Å²) in [5, 5.41) is 13.0. The molecule has 5 rings (SSSR count). The van der Waals surface area contributed by atoms with Crippen molar-refractivity contribution in [1.82, 2.24) is 9.88 Å². The van der Waals surface area contributed by atoms with Crippen LogP contribution in [0.1, 0.15) is 50.0 Å². The number of aromatic nitrogens is 1. The molecule has 2 N–H and O–H groups in total. The molecule has 0 radical (unpaired) electrons. The summed E-state index contributed by atoms with van der Waals surface area (Å²) < 4.78 is 43.4. The number of anilines is 1. The maximum Gasteiger partial charge on any atom is 0.279 e. The zero-order chi connectivity index (χ0) is 25.0. The predicted molar refractivity (Wildman–Crippen MR) is 120 cm³/mol. The van der Waals surface area contributed by atoms with Crippen molar-refractivity contribution in [2.45, 2.75) is 32.4 Å². The van der Waals surface area contributed by atoms with Gasteiger partial charge >= 0.3 is 0 Å². The first-order chi connectivity index (χ1) is 16.7. The summed E-state index contributed by atoms with van der Waals surface area (Å²) >= 11 is 0. The molecule has 0 fully saturated rings. The van der Waals surface area contributed by atoms with E-state index in [1.807, 2.05) is 0 Å². The fraction of sp³-hybridized carbons (Fsp3) is 0.240. The van der Waals surface area contributed by atoms with Crippen LogP contribution < -0.4 is 15.6 Å². The maximum absolute atomic E-state index is 14.1. The minimum absolute atomic E-state index is 0.202. The molecule has 1 aromatic heterocycles. The van der Waals surface area contributed by atoms with Crippen LogP contribution in [-0.2, 0) is 13.0 Å². The summed E-state index contributed by atoms with van der Waals surface area (Å²) in [6, 6.07) is 5.92. The molecule has 0 saturated heterocycles. The van der Waals surface area contributed by atoms with E-state index in [4.69, 9.17) is 0 Å². The van der Waals surface area contributed by atoms with Crippen LogP contribution in [-0.4, -0.2) is 28.0 Å². The molecule has 2 aliphatic heterocycles. The smallest absolute Gasteiger partial charge is 0.279 e. The topological polar surface area (TPSA) is 91.6 Å². The molecule has 7 nitrogen and oxygen atoms in total. The quantitative estimate of drug-likeness (QED) is 0.598. The number of pyridine rings is 1. The number of nitrogens with one attached hydrogen (secondary N) is 1. The average molecular weight is 483 g/mol. The zero-order valence-electron chi connectivity index (χ0n) is 18.6. The number of fused-ring (bicyclic) bond motifs is 6. The molecular weight excluding hydrogens is 463 g/mol. The highest BCUT2D eigenvalue weighted by atomic mass is 19.1. The van der Waals surface area contributed by atoms with Crippen molar-refractivity contribution in [3.05, 3.63) is 92.2 Å². The van der Waals surface area contributed by atoms with Crippen molar-refractivity contribution in [1.29, 1.82) is 0 Å². The molecule has 0 aliphatic carbocycles. The van der Waals surface area contributed by atoms with Gasteiger partial charge in [0, 0.05) is 30.5 Å². The molecule has 1 atom stereocenters. The predicted octanol–water partition coefficient (Wildman–Crippen LogP) is 3.36. The number of benzene rings is 2. The summed E-state index contributed by atoms with van der Waals surface area (Å²) in [6.45, 7) is 1.21. The Hall–Kier alpha value is -4.08. The van der Waals surface area contributed by atoms with Gasteiger partial charge < -0.3 is 19.9 Å². The second-order valence-electron chi connectivity index (χ2n) is 8.75. The van der Waals surface area contributed by atoms with Crippen molar-refractivity contribution in [2.75, 3.05) is 11.4 Å². The van der Waals surface area contributed by atoms with Crippen LogP contribution in [0.2, 0.25) is 0 Å². The van der Waals surface area contributed by atoms with Crippen molar-refractivity contribution >= 4 is 17.5 Å². The highest BCUT2D eigenvalue weighted by Gasteiger charge is 2.38. The molecule has 2 amide bonds. The first-order valence-electron chi connectivity index (χ1n) is 11.0. The van der Waals surface area contributed by atoms with Crippen LogP contribution in [0.5, 0.6) is 5.75 Å². The fourth-order valence-corrected chi connectivity index (χ4v) is 4.73. The molecule has 0 saturated carbocycles. The lowest BCUT2D eigenvalue weighted by molar-refractivity contribution is 0.0929. The van der Waals surface area contributed by atoms with E-state index < -0.39 is 58.6 Å². The van der Waals surface area contributed by atoms with Gasteiger partial charge in [0.1, 0.15) is 23.0 Å². The van der Waals surface area contributed by atoms with Gasteiger partial charge in [0.15, 0.2) is 11.4 Å². The van der Waals surface area contributed by atoms with Gasteiger partial charge in [-0.25, -0.2) is 13.2 Å². The van der Waals surface area contributed by atoms with Crippen LogP contribution in [0.4, 0.5) is 18.9 Å². The van der Waals surface area contributed by atoms with Gasteiger partial charge in [0.05, 0.1) is 6.04 Å². The first-order valence-corrected chi connectivity index (χ1v) is 11.0. The molecule has 180 valence electrons. The Bertz CT molecular complexity index is 1440. The highest BCUT2D eigenvalue weighted by Crippen LogP contribution is 2.37. The molecule has 0 unspecified atom stereocenters. The lowest BCUT2D eigenvalue weighted by atomic mass is 10.0. The van der Waals surface area contributed by atoms with Crippen LogP contribution in [0.15, 0.2) is 41.3 Å². The largest absolute Gasteiger partial charge is 0.503 e. The lowest BCUT2D eigenvalue weighted by Gasteiger charge is -2.35.